The van der Waals surface area contributed by atoms with Crippen LogP contribution in [0.4, 0.5) is 0 Å². The highest BCUT2D eigenvalue weighted by molar-refractivity contribution is 6.35. The first-order chi connectivity index (χ1) is 14.6. The summed E-state index contributed by atoms with van der Waals surface area (Å²) in [5, 5.41) is 3.92. The van der Waals surface area contributed by atoms with Gasteiger partial charge in [-0.1, -0.05) is 41.4 Å². The van der Waals surface area contributed by atoms with Crippen molar-refractivity contribution in [3.63, 3.8) is 0 Å². The summed E-state index contributed by atoms with van der Waals surface area (Å²) in [6.07, 6.45) is 2.70. The summed E-state index contributed by atoms with van der Waals surface area (Å²) in [6, 6.07) is 18.4. The molecule has 0 aliphatic heterocycles. The molecule has 156 valence electrons. The summed E-state index contributed by atoms with van der Waals surface area (Å²) in [7, 11) is 0. The number of hydrogen-bond acceptors (Lipinski definition) is 4. The lowest BCUT2D eigenvalue weighted by molar-refractivity contribution is -0.121. The maximum absolute atomic E-state index is 12.0. The first-order valence-electron chi connectivity index (χ1n) is 9.56. The molecule has 1 N–H and O–H groups in total. The molecular weight excluding hydrogens is 423 g/mol. The smallest absolute Gasteiger partial charge is 0.220 e. The number of halogens is 2. The topological polar surface area (TPSA) is 60.5 Å². The van der Waals surface area contributed by atoms with Gasteiger partial charge in [0.25, 0.3) is 0 Å². The van der Waals surface area contributed by atoms with Gasteiger partial charge in [-0.2, -0.15) is 0 Å². The van der Waals surface area contributed by atoms with Crippen LogP contribution in [-0.2, 0) is 17.9 Å². The lowest BCUT2D eigenvalue weighted by Crippen LogP contribution is -2.22. The van der Waals surface area contributed by atoms with Crippen LogP contribution in [0.15, 0.2) is 66.9 Å². The van der Waals surface area contributed by atoms with Crippen molar-refractivity contribution in [2.24, 2.45) is 0 Å². The van der Waals surface area contributed by atoms with Gasteiger partial charge >= 0.3 is 0 Å². The van der Waals surface area contributed by atoms with Crippen LogP contribution in [0.25, 0.3) is 0 Å². The van der Waals surface area contributed by atoms with Gasteiger partial charge in [-0.3, -0.25) is 9.78 Å². The standard InChI is InChI=1S/C23H22Cl2N2O3/c24-18-8-11-22(21(25)14-18)29-13-3-5-23(28)27-15-17-6-9-20(10-7-17)30-16-19-4-1-2-12-26-19/h1-2,4,6-12,14H,3,5,13,15-16H2,(H,27,28). The predicted molar refractivity (Wildman–Crippen MR) is 118 cm³/mol. The van der Waals surface area contributed by atoms with Gasteiger partial charge in [0.2, 0.25) is 5.91 Å². The molecule has 0 atom stereocenters. The Labute approximate surface area is 185 Å². The Morgan fingerprint density at radius 2 is 1.83 bits per heavy atom. The average Bonchev–Trinajstić information content (AvgIpc) is 2.76. The predicted octanol–water partition coefficient (Wildman–Crippen LogP) is 5.44. The van der Waals surface area contributed by atoms with E-state index in [9.17, 15) is 4.79 Å². The van der Waals surface area contributed by atoms with Gasteiger partial charge in [0.05, 0.1) is 17.3 Å². The Balaban J connectivity index is 1.33. The summed E-state index contributed by atoms with van der Waals surface area (Å²) in [6.45, 7) is 1.28. The summed E-state index contributed by atoms with van der Waals surface area (Å²) < 4.78 is 11.3. The van der Waals surface area contributed by atoms with Gasteiger partial charge in [-0.15, -0.1) is 0 Å². The Morgan fingerprint density at radius 3 is 2.57 bits per heavy atom. The summed E-state index contributed by atoms with van der Waals surface area (Å²) in [5.41, 5.74) is 1.87. The van der Waals surface area contributed by atoms with E-state index in [4.69, 9.17) is 32.7 Å². The zero-order valence-electron chi connectivity index (χ0n) is 16.3. The molecule has 0 radical (unpaired) electrons. The zero-order chi connectivity index (χ0) is 21.2. The lowest BCUT2D eigenvalue weighted by atomic mass is 10.2. The Kier molecular flexibility index (Phi) is 8.36. The minimum Gasteiger partial charge on any atom is -0.492 e. The van der Waals surface area contributed by atoms with Crippen molar-refractivity contribution < 1.29 is 14.3 Å². The van der Waals surface area contributed by atoms with Crippen LogP contribution in [0.3, 0.4) is 0 Å². The van der Waals surface area contributed by atoms with E-state index in [2.05, 4.69) is 10.3 Å². The molecule has 2 aromatic carbocycles. The number of carbonyl (C=O) groups is 1. The fourth-order valence-corrected chi connectivity index (χ4v) is 3.10. The van der Waals surface area contributed by atoms with Crippen molar-refractivity contribution in [3.05, 3.63) is 88.2 Å². The normalized spacial score (nSPS) is 10.5. The van der Waals surface area contributed by atoms with Crippen molar-refractivity contribution in [2.45, 2.75) is 26.0 Å². The van der Waals surface area contributed by atoms with Crippen LogP contribution in [0.2, 0.25) is 10.0 Å². The molecule has 1 heterocycles. The number of nitrogens with zero attached hydrogens (tertiary/aromatic N) is 1. The second-order valence-electron chi connectivity index (χ2n) is 6.56. The van der Waals surface area contributed by atoms with E-state index < -0.39 is 0 Å². The molecule has 1 amide bonds. The molecule has 30 heavy (non-hydrogen) atoms. The number of pyridine rings is 1. The van der Waals surface area contributed by atoms with Gasteiger partial charge < -0.3 is 14.8 Å². The first kappa shape index (κ1) is 21.9. The van der Waals surface area contributed by atoms with Crippen molar-refractivity contribution in [2.75, 3.05) is 6.61 Å². The molecule has 0 bridgehead atoms. The monoisotopic (exact) mass is 444 g/mol. The molecule has 0 saturated carbocycles. The van der Waals surface area contributed by atoms with Crippen LogP contribution < -0.4 is 14.8 Å². The van der Waals surface area contributed by atoms with E-state index in [0.29, 0.717) is 48.4 Å². The molecule has 3 aromatic rings. The fraction of sp³-hybridized carbons (Fsp3) is 0.217. The third-order valence-electron chi connectivity index (χ3n) is 4.23. The molecule has 0 spiro atoms. The van der Waals surface area contributed by atoms with Gasteiger partial charge in [-0.05, 0) is 54.4 Å². The van der Waals surface area contributed by atoms with E-state index in [1.807, 2.05) is 42.5 Å². The van der Waals surface area contributed by atoms with E-state index in [1.54, 1.807) is 24.4 Å². The number of rotatable bonds is 10. The van der Waals surface area contributed by atoms with Crippen molar-refractivity contribution in [1.82, 2.24) is 10.3 Å². The third-order valence-corrected chi connectivity index (χ3v) is 4.76. The minimum atomic E-state index is -0.0312. The number of nitrogens with one attached hydrogen (secondary N) is 1. The summed E-state index contributed by atoms with van der Waals surface area (Å²) in [4.78, 5) is 16.2. The highest BCUT2D eigenvalue weighted by atomic mass is 35.5. The van der Waals surface area contributed by atoms with E-state index in [0.717, 1.165) is 17.0 Å². The molecule has 3 rings (SSSR count). The number of ether oxygens (including phenoxy) is 2. The van der Waals surface area contributed by atoms with Crippen LogP contribution in [-0.4, -0.2) is 17.5 Å². The average molecular weight is 445 g/mol. The Bertz CT molecular complexity index is 950. The Morgan fingerprint density at radius 1 is 1.00 bits per heavy atom. The van der Waals surface area contributed by atoms with Gasteiger partial charge in [0.1, 0.15) is 18.1 Å². The van der Waals surface area contributed by atoms with Gasteiger partial charge in [-0.25, -0.2) is 0 Å². The molecule has 0 saturated heterocycles. The first-order valence-corrected chi connectivity index (χ1v) is 10.3. The number of hydrogen-bond donors (Lipinski definition) is 1. The maximum Gasteiger partial charge on any atom is 0.220 e. The third kappa shape index (κ3) is 7.25. The number of benzene rings is 2. The number of aromatic nitrogens is 1. The van der Waals surface area contributed by atoms with E-state index >= 15 is 0 Å². The van der Waals surface area contributed by atoms with Gasteiger partial charge in [0, 0.05) is 24.2 Å². The van der Waals surface area contributed by atoms with Crippen LogP contribution in [0.5, 0.6) is 11.5 Å². The van der Waals surface area contributed by atoms with Crippen LogP contribution in [0.1, 0.15) is 24.1 Å². The van der Waals surface area contributed by atoms with Crippen molar-refractivity contribution >= 4 is 29.1 Å². The molecule has 1 aromatic heterocycles. The Hall–Kier alpha value is -2.76. The zero-order valence-corrected chi connectivity index (χ0v) is 17.8. The van der Waals surface area contributed by atoms with Gasteiger partial charge in [0.15, 0.2) is 0 Å². The highest BCUT2D eigenvalue weighted by Crippen LogP contribution is 2.27. The minimum absolute atomic E-state index is 0.0312. The molecule has 0 unspecified atom stereocenters. The summed E-state index contributed by atoms with van der Waals surface area (Å²) in [5.74, 6) is 1.29. The SMILES string of the molecule is O=C(CCCOc1ccc(Cl)cc1Cl)NCc1ccc(OCc2ccccn2)cc1. The molecular formula is C23H22Cl2N2O3. The van der Waals surface area contributed by atoms with Crippen molar-refractivity contribution in [1.29, 1.82) is 0 Å². The van der Waals surface area contributed by atoms with Crippen molar-refractivity contribution in [3.8, 4) is 11.5 Å². The number of amides is 1. The fourth-order valence-electron chi connectivity index (χ4n) is 2.64. The second kappa shape index (κ2) is 11.4. The summed E-state index contributed by atoms with van der Waals surface area (Å²) >= 11 is 11.9. The second-order valence-corrected chi connectivity index (χ2v) is 7.40. The van der Waals surface area contributed by atoms with E-state index in [-0.39, 0.29) is 5.91 Å². The number of carbonyl (C=O) groups excluding carboxylic acids is 1. The highest BCUT2D eigenvalue weighted by Gasteiger charge is 2.05. The van der Waals surface area contributed by atoms with Crippen LogP contribution >= 0.6 is 23.2 Å². The molecule has 5 nitrogen and oxygen atoms in total. The maximum atomic E-state index is 12.0. The van der Waals surface area contributed by atoms with E-state index in [1.165, 1.54) is 0 Å². The quantitative estimate of drug-likeness (QED) is 0.422. The molecule has 0 fully saturated rings. The molecule has 0 aliphatic carbocycles. The molecule has 7 heteroatoms. The van der Waals surface area contributed by atoms with Crippen LogP contribution in [0, 0.1) is 0 Å². The molecule has 0 aliphatic rings. The largest absolute Gasteiger partial charge is 0.492 e. The lowest BCUT2D eigenvalue weighted by Gasteiger charge is -2.09.